The molecule has 1 aromatic heterocycles. The molecule has 0 aliphatic rings. The van der Waals surface area contributed by atoms with Crippen LogP contribution in [0.4, 0.5) is 0 Å². The molecule has 3 rings (SSSR count). The van der Waals surface area contributed by atoms with Crippen molar-refractivity contribution in [1.29, 1.82) is 0 Å². The van der Waals surface area contributed by atoms with E-state index < -0.39 is 5.91 Å². The van der Waals surface area contributed by atoms with E-state index in [0.29, 0.717) is 11.3 Å². The summed E-state index contributed by atoms with van der Waals surface area (Å²) in [6, 6.07) is 14.9. The third-order valence-corrected chi connectivity index (χ3v) is 4.35. The van der Waals surface area contributed by atoms with Gasteiger partial charge in [-0.3, -0.25) is 20.4 Å². The van der Waals surface area contributed by atoms with Gasteiger partial charge >= 0.3 is 0 Å². The van der Waals surface area contributed by atoms with Gasteiger partial charge in [-0.1, -0.05) is 34.1 Å². The number of hydrogen-bond donors (Lipinski definition) is 2. The fraction of sp³-hybridized carbons (Fsp3) is 0.200. The molecule has 3 aromatic rings. The molecule has 0 unspecified atom stereocenters. The maximum atomic E-state index is 12.5. The molecular weight excluding hydrogens is 410 g/mol. The van der Waals surface area contributed by atoms with Crippen LogP contribution in [0.2, 0.25) is 0 Å². The summed E-state index contributed by atoms with van der Waals surface area (Å²) >= 11 is 3.35. The Morgan fingerprint density at radius 2 is 1.89 bits per heavy atom. The molecule has 0 spiro atoms. The Morgan fingerprint density at radius 3 is 2.67 bits per heavy atom. The van der Waals surface area contributed by atoms with E-state index in [1.807, 2.05) is 54.9 Å². The molecule has 2 amide bonds. The van der Waals surface area contributed by atoms with Crippen LogP contribution in [0, 0.1) is 0 Å². The minimum absolute atomic E-state index is 0.0747. The summed E-state index contributed by atoms with van der Waals surface area (Å²) in [6.07, 6.45) is 1.77. The monoisotopic (exact) mass is 429 g/mol. The van der Waals surface area contributed by atoms with Crippen LogP contribution >= 0.6 is 15.9 Å². The summed E-state index contributed by atoms with van der Waals surface area (Å²) in [5.74, 6) is -0.319. The Hall–Kier alpha value is -2.80. The maximum Gasteiger partial charge on any atom is 0.273 e. The number of para-hydroxylation sites is 1. The lowest BCUT2D eigenvalue weighted by molar-refractivity contribution is -0.122. The zero-order valence-electron chi connectivity index (χ0n) is 15.0. The second-order valence-electron chi connectivity index (χ2n) is 6.31. The largest absolute Gasteiger partial charge is 0.490 e. The molecule has 2 aromatic carbocycles. The Morgan fingerprint density at radius 1 is 1.11 bits per heavy atom. The first-order valence-corrected chi connectivity index (χ1v) is 9.32. The number of fused-ring (bicyclic) bond motifs is 1. The molecule has 0 saturated carbocycles. The van der Waals surface area contributed by atoms with Crippen LogP contribution in [-0.4, -0.2) is 22.5 Å². The van der Waals surface area contributed by atoms with E-state index in [0.717, 1.165) is 15.4 Å². The molecule has 0 aliphatic carbocycles. The van der Waals surface area contributed by atoms with Gasteiger partial charge in [-0.2, -0.15) is 0 Å². The van der Waals surface area contributed by atoms with Gasteiger partial charge < -0.3 is 9.30 Å². The van der Waals surface area contributed by atoms with Gasteiger partial charge in [0.25, 0.3) is 11.8 Å². The summed E-state index contributed by atoms with van der Waals surface area (Å²) in [4.78, 5) is 24.7. The van der Waals surface area contributed by atoms with Crippen LogP contribution in [0.1, 0.15) is 24.2 Å². The fourth-order valence-electron chi connectivity index (χ4n) is 2.70. The van der Waals surface area contributed by atoms with E-state index in [4.69, 9.17) is 4.74 Å². The van der Waals surface area contributed by atoms with Crippen LogP contribution in [0.25, 0.3) is 10.9 Å². The molecule has 0 radical (unpaired) electrons. The lowest BCUT2D eigenvalue weighted by Crippen LogP contribution is -2.43. The molecule has 0 atom stereocenters. The van der Waals surface area contributed by atoms with Crippen molar-refractivity contribution in [1.82, 2.24) is 15.4 Å². The summed E-state index contributed by atoms with van der Waals surface area (Å²) in [5.41, 5.74) is 6.20. The van der Waals surface area contributed by atoms with Gasteiger partial charge in [0, 0.05) is 16.2 Å². The number of amides is 2. The fourth-order valence-corrected chi connectivity index (χ4v) is 3.06. The number of carbonyl (C=O) groups is 2. The third kappa shape index (κ3) is 4.68. The minimum Gasteiger partial charge on any atom is -0.490 e. The molecule has 0 saturated heterocycles. The number of halogens is 1. The van der Waals surface area contributed by atoms with Crippen molar-refractivity contribution in [2.45, 2.75) is 26.5 Å². The van der Waals surface area contributed by atoms with Crippen molar-refractivity contribution in [3.63, 3.8) is 0 Å². The molecule has 0 aliphatic heterocycles. The van der Waals surface area contributed by atoms with Gasteiger partial charge in [0.2, 0.25) is 0 Å². The van der Waals surface area contributed by atoms with Crippen molar-refractivity contribution in [3.8, 4) is 5.75 Å². The number of hydrazine groups is 1. The molecule has 1 heterocycles. The molecule has 6 nitrogen and oxygen atoms in total. The normalized spacial score (nSPS) is 10.8. The van der Waals surface area contributed by atoms with Gasteiger partial charge in [-0.05, 0) is 49.6 Å². The quantitative estimate of drug-likeness (QED) is 0.607. The lowest BCUT2D eigenvalue weighted by atomic mass is 10.2. The molecule has 7 heteroatoms. The van der Waals surface area contributed by atoms with E-state index in [1.54, 1.807) is 18.2 Å². The Labute approximate surface area is 165 Å². The van der Waals surface area contributed by atoms with Crippen molar-refractivity contribution in [2.24, 2.45) is 0 Å². The maximum absolute atomic E-state index is 12.5. The van der Waals surface area contributed by atoms with E-state index >= 15 is 0 Å². The van der Waals surface area contributed by atoms with Gasteiger partial charge in [0.15, 0.2) is 0 Å². The number of nitrogens with zero attached hydrogens (tertiary/aromatic N) is 1. The number of hydrogen-bond acceptors (Lipinski definition) is 3. The minimum atomic E-state index is -0.447. The van der Waals surface area contributed by atoms with Gasteiger partial charge in [-0.25, -0.2) is 0 Å². The topological polar surface area (TPSA) is 72.4 Å². The summed E-state index contributed by atoms with van der Waals surface area (Å²) in [7, 11) is 0. The SMILES string of the molecule is CC(C)Oc1ccc(Br)cc1C(=O)NNC(=O)Cn1ccc2ccccc21. The first kappa shape index (κ1) is 19.0. The molecular formula is C20H20BrN3O3. The van der Waals surface area contributed by atoms with E-state index in [2.05, 4.69) is 26.8 Å². The van der Waals surface area contributed by atoms with Crippen LogP contribution in [0.3, 0.4) is 0 Å². The highest BCUT2D eigenvalue weighted by molar-refractivity contribution is 9.10. The van der Waals surface area contributed by atoms with Crippen molar-refractivity contribution in [2.75, 3.05) is 0 Å². The third-order valence-electron chi connectivity index (χ3n) is 3.86. The van der Waals surface area contributed by atoms with E-state index in [1.165, 1.54) is 0 Å². The van der Waals surface area contributed by atoms with Gasteiger partial charge in [0.05, 0.1) is 11.7 Å². The molecule has 27 heavy (non-hydrogen) atoms. The van der Waals surface area contributed by atoms with Crippen molar-refractivity contribution in [3.05, 3.63) is 64.8 Å². The van der Waals surface area contributed by atoms with E-state index in [9.17, 15) is 9.59 Å². The highest BCUT2D eigenvalue weighted by Gasteiger charge is 2.15. The van der Waals surface area contributed by atoms with Gasteiger partial charge in [0.1, 0.15) is 12.3 Å². The standard InChI is InChI=1S/C20H20BrN3O3/c1-13(2)27-18-8-7-15(21)11-16(18)20(26)23-22-19(25)12-24-10-9-14-5-3-4-6-17(14)24/h3-11,13H,12H2,1-2H3,(H,22,25)(H,23,26). The Bertz CT molecular complexity index is 982. The summed E-state index contributed by atoms with van der Waals surface area (Å²) in [6.45, 7) is 3.86. The first-order chi connectivity index (χ1) is 12.9. The number of carbonyl (C=O) groups excluding carboxylic acids is 2. The Balaban J connectivity index is 1.65. The highest BCUT2D eigenvalue weighted by Crippen LogP contribution is 2.24. The van der Waals surface area contributed by atoms with E-state index in [-0.39, 0.29) is 18.6 Å². The zero-order chi connectivity index (χ0) is 19.4. The molecule has 140 valence electrons. The average molecular weight is 430 g/mol. The first-order valence-electron chi connectivity index (χ1n) is 8.53. The van der Waals surface area contributed by atoms with Crippen molar-refractivity contribution < 1.29 is 14.3 Å². The smallest absolute Gasteiger partial charge is 0.273 e. The van der Waals surface area contributed by atoms with Crippen LogP contribution < -0.4 is 15.6 Å². The molecule has 0 bridgehead atoms. The van der Waals surface area contributed by atoms with Gasteiger partial charge in [-0.15, -0.1) is 0 Å². The van der Waals surface area contributed by atoms with Crippen molar-refractivity contribution >= 4 is 38.6 Å². The number of nitrogens with one attached hydrogen (secondary N) is 2. The predicted octanol–water partition coefficient (Wildman–Crippen LogP) is 3.65. The second-order valence-corrected chi connectivity index (χ2v) is 7.23. The number of benzene rings is 2. The number of rotatable bonds is 5. The second kappa shape index (κ2) is 8.26. The predicted molar refractivity (Wildman–Crippen MR) is 107 cm³/mol. The highest BCUT2D eigenvalue weighted by atomic mass is 79.9. The van der Waals surface area contributed by atoms with Crippen LogP contribution in [0.5, 0.6) is 5.75 Å². The molecule has 2 N–H and O–H groups in total. The number of aromatic nitrogens is 1. The summed E-state index contributed by atoms with van der Waals surface area (Å²) < 4.78 is 8.23. The van der Waals surface area contributed by atoms with Crippen LogP contribution in [-0.2, 0) is 11.3 Å². The van der Waals surface area contributed by atoms with Crippen LogP contribution in [0.15, 0.2) is 59.2 Å². The summed E-state index contributed by atoms with van der Waals surface area (Å²) in [5, 5.41) is 1.05. The lowest BCUT2D eigenvalue weighted by Gasteiger charge is -2.15. The average Bonchev–Trinajstić information content (AvgIpc) is 3.04. The zero-order valence-corrected chi connectivity index (χ0v) is 16.6. The Kier molecular flexibility index (Phi) is 5.81. The number of ether oxygens (including phenoxy) is 1. The molecule has 0 fully saturated rings.